The first-order valence-corrected chi connectivity index (χ1v) is 6.20. The topological polar surface area (TPSA) is 58.6 Å². The third-order valence-electron chi connectivity index (χ3n) is 2.42. The molecule has 0 fully saturated rings. The predicted molar refractivity (Wildman–Crippen MR) is 71.2 cm³/mol. The molecule has 1 N–H and O–H groups in total. The van der Waals surface area contributed by atoms with Gasteiger partial charge < -0.3 is 15.0 Å². The van der Waals surface area contributed by atoms with Crippen LogP contribution in [0.5, 0.6) is 0 Å². The highest BCUT2D eigenvalue weighted by molar-refractivity contribution is 5.95. The molecule has 0 spiro atoms. The summed E-state index contributed by atoms with van der Waals surface area (Å²) in [4.78, 5) is 24.8. The molecule has 104 valence electrons. The molecule has 0 unspecified atom stereocenters. The zero-order valence-corrected chi connectivity index (χ0v) is 11.8. The first-order valence-electron chi connectivity index (χ1n) is 6.20. The Morgan fingerprint density at radius 3 is 2.61 bits per heavy atom. The van der Waals surface area contributed by atoms with Crippen molar-refractivity contribution in [2.45, 2.75) is 26.7 Å². The molecule has 0 radical (unpaired) electrons. The van der Waals surface area contributed by atoms with Gasteiger partial charge in [0.15, 0.2) is 0 Å². The van der Waals surface area contributed by atoms with Crippen molar-refractivity contribution in [3.8, 4) is 0 Å². The van der Waals surface area contributed by atoms with Crippen LogP contribution in [-0.4, -0.2) is 50.6 Å². The quantitative estimate of drug-likeness (QED) is 0.519. The number of rotatable bonds is 8. The minimum Gasteiger partial charge on any atom is -0.385 e. The molecule has 0 aliphatic rings. The number of ether oxygens (including phenoxy) is 1. The largest absolute Gasteiger partial charge is 0.385 e. The Labute approximate surface area is 109 Å². The van der Waals surface area contributed by atoms with Crippen LogP contribution in [-0.2, 0) is 14.3 Å². The highest BCUT2D eigenvalue weighted by Crippen LogP contribution is 2.00. The van der Waals surface area contributed by atoms with Gasteiger partial charge in [0.2, 0.25) is 11.8 Å². The number of hydrogen-bond acceptors (Lipinski definition) is 3. The van der Waals surface area contributed by atoms with E-state index in [2.05, 4.69) is 5.32 Å². The van der Waals surface area contributed by atoms with E-state index in [1.165, 1.54) is 4.90 Å². The third-order valence-corrected chi connectivity index (χ3v) is 2.42. The Morgan fingerprint density at radius 1 is 1.39 bits per heavy atom. The van der Waals surface area contributed by atoms with E-state index in [1.807, 2.05) is 13.0 Å². The van der Waals surface area contributed by atoms with Gasteiger partial charge in [0.1, 0.15) is 0 Å². The molecule has 0 heterocycles. The molecule has 0 aliphatic heterocycles. The minimum absolute atomic E-state index is 0.0840. The number of carbonyl (C=O) groups is 2. The van der Waals surface area contributed by atoms with Crippen LogP contribution in [0.3, 0.4) is 0 Å². The highest BCUT2D eigenvalue weighted by atomic mass is 16.5. The van der Waals surface area contributed by atoms with Crippen molar-refractivity contribution in [2.75, 3.05) is 33.9 Å². The molecule has 18 heavy (non-hydrogen) atoms. The fourth-order valence-corrected chi connectivity index (χ4v) is 1.48. The maximum absolute atomic E-state index is 11.8. The number of methoxy groups -OCH3 is 1. The second kappa shape index (κ2) is 9.65. The predicted octanol–water partition coefficient (Wildman–Crippen LogP) is 0.954. The minimum atomic E-state index is -0.147. The highest BCUT2D eigenvalue weighted by Gasteiger charge is 2.13. The van der Waals surface area contributed by atoms with Crippen LogP contribution in [0.4, 0.5) is 0 Å². The summed E-state index contributed by atoms with van der Waals surface area (Å²) in [6, 6.07) is 0. The van der Waals surface area contributed by atoms with Crippen LogP contribution >= 0.6 is 0 Å². The van der Waals surface area contributed by atoms with Crippen molar-refractivity contribution in [1.82, 2.24) is 10.2 Å². The van der Waals surface area contributed by atoms with E-state index >= 15 is 0 Å². The second-order valence-corrected chi connectivity index (χ2v) is 4.15. The van der Waals surface area contributed by atoms with Gasteiger partial charge in [0.25, 0.3) is 0 Å². The van der Waals surface area contributed by atoms with Gasteiger partial charge >= 0.3 is 0 Å². The SMILES string of the molecule is CC/C=C(\C)C(=O)N(C)CC(=O)NCCCOC. The molecule has 0 saturated carbocycles. The summed E-state index contributed by atoms with van der Waals surface area (Å²) in [7, 11) is 3.25. The van der Waals surface area contributed by atoms with Crippen LogP contribution in [0.1, 0.15) is 26.7 Å². The van der Waals surface area contributed by atoms with E-state index in [0.717, 1.165) is 12.8 Å². The fourth-order valence-electron chi connectivity index (χ4n) is 1.48. The van der Waals surface area contributed by atoms with Crippen LogP contribution in [0.25, 0.3) is 0 Å². The average Bonchev–Trinajstić information content (AvgIpc) is 2.34. The van der Waals surface area contributed by atoms with Crippen molar-refractivity contribution in [1.29, 1.82) is 0 Å². The number of nitrogens with zero attached hydrogens (tertiary/aromatic N) is 1. The van der Waals surface area contributed by atoms with Gasteiger partial charge in [-0.25, -0.2) is 0 Å². The maximum atomic E-state index is 11.8. The molecule has 0 aromatic carbocycles. The number of hydrogen-bond donors (Lipinski definition) is 1. The normalized spacial score (nSPS) is 11.2. The Bertz CT molecular complexity index is 301. The van der Waals surface area contributed by atoms with Crippen molar-refractivity contribution in [2.24, 2.45) is 0 Å². The van der Waals surface area contributed by atoms with Crippen LogP contribution in [0.2, 0.25) is 0 Å². The number of amides is 2. The summed E-state index contributed by atoms with van der Waals surface area (Å²) in [6.45, 7) is 5.00. The van der Waals surface area contributed by atoms with Crippen molar-refractivity contribution in [3.63, 3.8) is 0 Å². The summed E-state index contributed by atoms with van der Waals surface area (Å²) in [5, 5.41) is 2.74. The van der Waals surface area contributed by atoms with Crippen molar-refractivity contribution >= 4 is 11.8 Å². The molecule has 5 heteroatoms. The first kappa shape index (κ1) is 16.6. The van der Waals surface area contributed by atoms with Crippen LogP contribution in [0, 0.1) is 0 Å². The maximum Gasteiger partial charge on any atom is 0.249 e. The van der Waals surface area contributed by atoms with E-state index < -0.39 is 0 Å². The van der Waals surface area contributed by atoms with E-state index in [9.17, 15) is 9.59 Å². The van der Waals surface area contributed by atoms with Gasteiger partial charge in [0, 0.05) is 32.9 Å². The molecule has 0 aliphatic carbocycles. The van der Waals surface area contributed by atoms with Crippen molar-refractivity contribution < 1.29 is 14.3 Å². The lowest BCUT2D eigenvalue weighted by molar-refractivity contribution is -0.131. The molecule has 0 atom stereocenters. The van der Waals surface area contributed by atoms with E-state index in [0.29, 0.717) is 18.7 Å². The lowest BCUT2D eigenvalue weighted by Crippen LogP contribution is -2.39. The second-order valence-electron chi connectivity index (χ2n) is 4.15. The number of likely N-dealkylation sites (N-methyl/N-ethyl adjacent to an activating group) is 1. The Hall–Kier alpha value is -1.36. The summed E-state index contributed by atoms with van der Waals surface area (Å²) >= 11 is 0. The molecule has 0 bridgehead atoms. The molecule has 0 saturated heterocycles. The number of allylic oxidation sites excluding steroid dienone is 1. The van der Waals surface area contributed by atoms with E-state index in [1.54, 1.807) is 21.1 Å². The van der Waals surface area contributed by atoms with E-state index in [-0.39, 0.29) is 18.4 Å². The fraction of sp³-hybridized carbons (Fsp3) is 0.692. The van der Waals surface area contributed by atoms with Crippen LogP contribution < -0.4 is 5.32 Å². The average molecular weight is 256 g/mol. The molecule has 5 nitrogen and oxygen atoms in total. The van der Waals surface area contributed by atoms with Gasteiger partial charge in [-0.2, -0.15) is 0 Å². The standard InChI is InChI=1S/C13H24N2O3/c1-5-7-11(2)13(17)15(3)10-12(16)14-8-6-9-18-4/h7H,5-6,8-10H2,1-4H3,(H,14,16)/b11-7+. The molecule has 0 aromatic heterocycles. The van der Waals surface area contributed by atoms with Gasteiger partial charge in [-0.1, -0.05) is 13.0 Å². The molecular weight excluding hydrogens is 232 g/mol. The molecular formula is C13H24N2O3. The van der Waals surface area contributed by atoms with Crippen molar-refractivity contribution in [3.05, 3.63) is 11.6 Å². The smallest absolute Gasteiger partial charge is 0.249 e. The van der Waals surface area contributed by atoms with Gasteiger partial charge in [0.05, 0.1) is 6.54 Å². The summed E-state index contributed by atoms with van der Waals surface area (Å²) in [5.41, 5.74) is 0.673. The monoisotopic (exact) mass is 256 g/mol. The number of nitrogens with one attached hydrogen (secondary N) is 1. The summed E-state index contributed by atoms with van der Waals surface area (Å²) in [5.74, 6) is -0.254. The zero-order valence-electron chi connectivity index (χ0n) is 11.8. The lowest BCUT2D eigenvalue weighted by Gasteiger charge is -2.17. The summed E-state index contributed by atoms with van der Waals surface area (Å²) in [6.07, 6.45) is 3.44. The zero-order chi connectivity index (χ0) is 14.0. The Morgan fingerprint density at radius 2 is 2.06 bits per heavy atom. The van der Waals surface area contributed by atoms with E-state index in [4.69, 9.17) is 4.74 Å². The molecule has 0 rings (SSSR count). The van der Waals surface area contributed by atoms with Gasteiger partial charge in [-0.3, -0.25) is 9.59 Å². The Balaban J connectivity index is 3.99. The molecule has 0 aromatic rings. The van der Waals surface area contributed by atoms with Gasteiger partial charge in [-0.05, 0) is 19.8 Å². The lowest BCUT2D eigenvalue weighted by atomic mass is 10.2. The first-order chi connectivity index (χ1) is 8.52. The summed E-state index contributed by atoms with van der Waals surface area (Å²) < 4.78 is 4.88. The number of carbonyl (C=O) groups excluding carboxylic acids is 2. The van der Waals surface area contributed by atoms with Gasteiger partial charge in [-0.15, -0.1) is 0 Å². The third kappa shape index (κ3) is 7.06. The Kier molecular flexibility index (Phi) is 8.92. The molecule has 2 amide bonds. The van der Waals surface area contributed by atoms with Crippen LogP contribution in [0.15, 0.2) is 11.6 Å².